The van der Waals surface area contributed by atoms with Crippen LogP contribution in [0.25, 0.3) is 11.1 Å². The minimum absolute atomic E-state index is 0.134. The van der Waals surface area contributed by atoms with Gasteiger partial charge in [0.1, 0.15) is 11.6 Å². The van der Waals surface area contributed by atoms with Gasteiger partial charge in [-0.1, -0.05) is 54.6 Å². The number of para-hydroxylation sites is 1. The molecule has 3 aromatic carbocycles. The number of halogens is 2. The fraction of sp³-hybridized carbons (Fsp3) is 0. The quantitative estimate of drug-likeness (QED) is 0.575. The molecular formula is C19H13F2N. The van der Waals surface area contributed by atoms with Crippen molar-refractivity contribution >= 4 is 11.9 Å². The van der Waals surface area contributed by atoms with E-state index in [0.29, 0.717) is 5.69 Å². The Morgan fingerprint density at radius 2 is 1.32 bits per heavy atom. The van der Waals surface area contributed by atoms with E-state index in [1.165, 1.54) is 24.4 Å². The van der Waals surface area contributed by atoms with E-state index in [2.05, 4.69) is 4.99 Å². The van der Waals surface area contributed by atoms with Gasteiger partial charge in [0, 0.05) is 11.8 Å². The highest BCUT2D eigenvalue weighted by molar-refractivity contribution is 5.86. The largest absolute Gasteiger partial charge is 0.255 e. The van der Waals surface area contributed by atoms with Crippen LogP contribution in [0.3, 0.4) is 0 Å². The number of nitrogens with zero attached hydrogens (tertiary/aromatic N) is 1. The summed E-state index contributed by atoms with van der Waals surface area (Å²) < 4.78 is 27.3. The average Bonchev–Trinajstić information content (AvgIpc) is 2.56. The van der Waals surface area contributed by atoms with Crippen LogP contribution in [0.15, 0.2) is 77.8 Å². The lowest BCUT2D eigenvalue weighted by Gasteiger charge is -2.05. The van der Waals surface area contributed by atoms with Gasteiger partial charge in [0.25, 0.3) is 0 Å². The summed E-state index contributed by atoms with van der Waals surface area (Å²) in [6.07, 6.45) is 1.23. The van der Waals surface area contributed by atoms with Crippen molar-refractivity contribution in [2.45, 2.75) is 0 Å². The Morgan fingerprint density at radius 3 is 2.05 bits per heavy atom. The molecule has 0 heterocycles. The summed E-state index contributed by atoms with van der Waals surface area (Å²) in [6.45, 7) is 0. The Hall–Kier alpha value is -2.81. The van der Waals surface area contributed by atoms with E-state index in [4.69, 9.17) is 0 Å². The highest BCUT2D eigenvalue weighted by atomic mass is 19.1. The Morgan fingerprint density at radius 1 is 0.682 bits per heavy atom. The van der Waals surface area contributed by atoms with Gasteiger partial charge in [0.2, 0.25) is 0 Å². The highest BCUT2D eigenvalue weighted by Gasteiger charge is 2.06. The Bertz CT molecular complexity index is 790. The van der Waals surface area contributed by atoms with Gasteiger partial charge in [-0.05, 0) is 23.8 Å². The van der Waals surface area contributed by atoms with Crippen molar-refractivity contribution in [3.63, 3.8) is 0 Å². The van der Waals surface area contributed by atoms with Crippen molar-refractivity contribution < 1.29 is 8.78 Å². The standard InChI is InChI=1S/C19H13F2N/c20-17-10-6-11-18(21)16(17)13-22-19-12-5-4-9-15(19)14-7-2-1-3-8-14/h1-13H. The molecule has 0 saturated carbocycles. The third kappa shape index (κ3) is 2.93. The first-order valence-electron chi connectivity index (χ1n) is 6.88. The Labute approximate surface area is 127 Å². The predicted molar refractivity (Wildman–Crippen MR) is 85.5 cm³/mol. The molecule has 108 valence electrons. The van der Waals surface area contributed by atoms with Crippen LogP contribution in [0, 0.1) is 11.6 Å². The Kier molecular flexibility index (Phi) is 4.05. The molecule has 0 amide bonds. The summed E-state index contributed by atoms with van der Waals surface area (Å²) in [6, 6.07) is 21.0. The zero-order valence-electron chi connectivity index (χ0n) is 11.7. The van der Waals surface area contributed by atoms with Crippen LogP contribution < -0.4 is 0 Å². The van der Waals surface area contributed by atoms with Gasteiger partial charge >= 0.3 is 0 Å². The maximum Gasteiger partial charge on any atom is 0.134 e. The maximum atomic E-state index is 13.6. The highest BCUT2D eigenvalue weighted by Crippen LogP contribution is 2.29. The lowest BCUT2D eigenvalue weighted by atomic mass is 10.0. The van der Waals surface area contributed by atoms with Gasteiger partial charge in [-0.25, -0.2) is 8.78 Å². The van der Waals surface area contributed by atoms with E-state index >= 15 is 0 Å². The summed E-state index contributed by atoms with van der Waals surface area (Å²) in [5.74, 6) is -1.25. The fourth-order valence-corrected chi connectivity index (χ4v) is 2.22. The fourth-order valence-electron chi connectivity index (χ4n) is 2.22. The van der Waals surface area contributed by atoms with Gasteiger partial charge in [0.05, 0.1) is 11.3 Å². The number of hydrogen-bond donors (Lipinski definition) is 0. The van der Waals surface area contributed by atoms with E-state index in [-0.39, 0.29) is 5.56 Å². The summed E-state index contributed by atoms with van der Waals surface area (Å²) in [5, 5.41) is 0. The first-order chi connectivity index (χ1) is 10.8. The van der Waals surface area contributed by atoms with Crippen LogP contribution in [-0.2, 0) is 0 Å². The maximum absolute atomic E-state index is 13.6. The molecule has 0 unspecified atom stereocenters. The summed E-state index contributed by atoms with van der Waals surface area (Å²) in [5.41, 5.74) is 2.45. The van der Waals surface area contributed by atoms with E-state index in [0.717, 1.165) is 11.1 Å². The molecular weight excluding hydrogens is 280 g/mol. The number of benzene rings is 3. The topological polar surface area (TPSA) is 12.4 Å². The van der Waals surface area contributed by atoms with Gasteiger partial charge in [-0.15, -0.1) is 0 Å². The lowest BCUT2D eigenvalue weighted by Crippen LogP contribution is -1.93. The van der Waals surface area contributed by atoms with E-state index < -0.39 is 11.6 Å². The van der Waals surface area contributed by atoms with Crippen LogP contribution in [0.4, 0.5) is 14.5 Å². The molecule has 0 aliphatic carbocycles. The van der Waals surface area contributed by atoms with Crippen LogP contribution in [0.2, 0.25) is 0 Å². The van der Waals surface area contributed by atoms with E-state index in [9.17, 15) is 8.78 Å². The van der Waals surface area contributed by atoms with Gasteiger partial charge in [-0.2, -0.15) is 0 Å². The van der Waals surface area contributed by atoms with Crippen LogP contribution in [-0.4, -0.2) is 6.21 Å². The monoisotopic (exact) mass is 293 g/mol. The zero-order chi connectivity index (χ0) is 15.4. The molecule has 0 aliphatic rings. The molecule has 0 fully saturated rings. The first-order valence-corrected chi connectivity index (χ1v) is 6.88. The molecule has 1 nitrogen and oxygen atoms in total. The minimum Gasteiger partial charge on any atom is -0.255 e. The summed E-state index contributed by atoms with van der Waals surface area (Å²) in [4.78, 5) is 4.27. The average molecular weight is 293 g/mol. The second kappa shape index (κ2) is 6.31. The first kappa shape index (κ1) is 14.1. The van der Waals surface area contributed by atoms with Crippen molar-refractivity contribution in [1.82, 2.24) is 0 Å². The molecule has 3 rings (SSSR count). The van der Waals surface area contributed by atoms with Gasteiger partial charge < -0.3 is 0 Å². The second-order valence-electron chi connectivity index (χ2n) is 4.78. The van der Waals surface area contributed by atoms with E-state index in [1.54, 1.807) is 0 Å². The van der Waals surface area contributed by atoms with Gasteiger partial charge in [0.15, 0.2) is 0 Å². The Balaban J connectivity index is 2.02. The van der Waals surface area contributed by atoms with Crippen molar-refractivity contribution in [3.05, 3.63) is 90.0 Å². The number of aliphatic imine (C=N–C) groups is 1. The van der Waals surface area contributed by atoms with Gasteiger partial charge in [-0.3, -0.25) is 4.99 Å². The third-order valence-electron chi connectivity index (χ3n) is 3.32. The molecule has 0 radical (unpaired) electrons. The summed E-state index contributed by atoms with van der Waals surface area (Å²) >= 11 is 0. The van der Waals surface area contributed by atoms with Crippen LogP contribution in [0.1, 0.15) is 5.56 Å². The molecule has 0 bridgehead atoms. The van der Waals surface area contributed by atoms with Crippen molar-refractivity contribution in [2.75, 3.05) is 0 Å². The lowest BCUT2D eigenvalue weighted by molar-refractivity contribution is 0.580. The zero-order valence-corrected chi connectivity index (χ0v) is 11.7. The molecule has 0 aromatic heterocycles. The minimum atomic E-state index is -0.624. The van der Waals surface area contributed by atoms with Crippen LogP contribution in [0.5, 0.6) is 0 Å². The van der Waals surface area contributed by atoms with Crippen LogP contribution >= 0.6 is 0 Å². The second-order valence-corrected chi connectivity index (χ2v) is 4.78. The molecule has 3 heteroatoms. The van der Waals surface area contributed by atoms with Crippen molar-refractivity contribution in [3.8, 4) is 11.1 Å². The summed E-state index contributed by atoms with van der Waals surface area (Å²) in [7, 11) is 0. The van der Waals surface area contributed by atoms with Crippen molar-refractivity contribution in [1.29, 1.82) is 0 Å². The molecule has 0 aliphatic heterocycles. The molecule has 22 heavy (non-hydrogen) atoms. The van der Waals surface area contributed by atoms with Crippen molar-refractivity contribution in [2.24, 2.45) is 4.99 Å². The number of hydrogen-bond acceptors (Lipinski definition) is 1. The SMILES string of the molecule is Fc1cccc(F)c1C=Nc1ccccc1-c1ccccc1. The molecule has 0 saturated heterocycles. The smallest absolute Gasteiger partial charge is 0.134 e. The predicted octanol–water partition coefficient (Wildman–Crippen LogP) is 5.38. The molecule has 0 atom stereocenters. The molecule has 0 N–H and O–H groups in total. The normalized spacial score (nSPS) is 11.0. The van der Waals surface area contributed by atoms with E-state index in [1.807, 2.05) is 54.6 Å². The third-order valence-corrected chi connectivity index (χ3v) is 3.32. The number of rotatable bonds is 3. The molecule has 0 spiro atoms. The molecule has 3 aromatic rings.